The Balaban J connectivity index is 2.13. The molecule has 3 aromatic rings. The van der Waals surface area contributed by atoms with Gasteiger partial charge < -0.3 is 15.8 Å². The minimum Gasteiger partial charge on any atom is -0.462 e. The molecule has 10 nitrogen and oxygen atoms in total. The molecule has 2 heterocycles. The van der Waals surface area contributed by atoms with E-state index in [9.17, 15) is 13.2 Å². The smallest absolute Gasteiger partial charge is 0.338 e. The first kappa shape index (κ1) is 17.1. The third kappa shape index (κ3) is 2.89. The van der Waals surface area contributed by atoms with E-state index in [0.29, 0.717) is 5.13 Å². The number of fused-ring (bicyclic) bond motifs is 1. The Bertz CT molecular complexity index is 1060. The van der Waals surface area contributed by atoms with E-state index >= 15 is 0 Å². The van der Waals surface area contributed by atoms with Crippen LogP contribution in [0.15, 0.2) is 22.5 Å². The fourth-order valence-corrected chi connectivity index (χ4v) is 4.48. The maximum atomic E-state index is 12.8. The summed E-state index contributed by atoms with van der Waals surface area (Å²) in [4.78, 5) is 15.8. The number of aromatic nitrogens is 4. The highest BCUT2D eigenvalue weighted by Gasteiger charge is 2.27. The lowest BCUT2D eigenvalue weighted by molar-refractivity contribution is 0.0526. The quantitative estimate of drug-likeness (QED) is 0.616. The van der Waals surface area contributed by atoms with Crippen LogP contribution in [0.1, 0.15) is 17.3 Å². The summed E-state index contributed by atoms with van der Waals surface area (Å²) in [6.07, 6.45) is 0. The van der Waals surface area contributed by atoms with Gasteiger partial charge in [0.15, 0.2) is 0 Å². The number of imidazole rings is 1. The number of anilines is 2. The number of benzene rings is 1. The molecule has 0 fully saturated rings. The van der Waals surface area contributed by atoms with Crippen LogP contribution < -0.4 is 11.1 Å². The van der Waals surface area contributed by atoms with Gasteiger partial charge in [-0.2, -0.15) is 12.4 Å². The molecule has 0 aliphatic heterocycles. The predicted molar refractivity (Wildman–Crippen MR) is 92.1 cm³/mol. The standard InChI is InChI=1S/C13H14N6O4S2/c1-3-23-10(20)7-4-5-9-8(6-7)16-11(14)19(9)25(21,22)13-18-17-12(15-2)24-13/h4-6H,3H2,1-2H3,(H2,14,16)(H,15,17). The highest BCUT2D eigenvalue weighted by atomic mass is 32.2. The first-order chi connectivity index (χ1) is 11.9. The molecule has 0 atom stereocenters. The van der Waals surface area contributed by atoms with Gasteiger partial charge in [0.25, 0.3) is 14.4 Å². The maximum absolute atomic E-state index is 12.8. The second-order valence-electron chi connectivity index (χ2n) is 4.79. The van der Waals surface area contributed by atoms with Crippen molar-refractivity contribution in [3.63, 3.8) is 0 Å². The summed E-state index contributed by atoms with van der Waals surface area (Å²) in [5.74, 6) is -0.764. The molecule has 0 radical (unpaired) electrons. The zero-order valence-electron chi connectivity index (χ0n) is 13.3. The largest absolute Gasteiger partial charge is 0.462 e. The summed E-state index contributed by atoms with van der Waals surface area (Å²) in [7, 11) is -2.46. The van der Waals surface area contributed by atoms with Crippen LogP contribution in [-0.2, 0) is 14.8 Å². The van der Waals surface area contributed by atoms with E-state index < -0.39 is 16.0 Å². The highest BCUT2D eigenvalue weighted by Crippen LogP contribution is 2.28. The van der Waals surface area contributed by atoms with E-state index in [0.717, 1.165) is 15.3 Å². The van der Waals surface area contributed by atoms with Gasteiger partial charge in [-0.15, -0.1) is 10.2 Å². The van der Waals surface area contributed by atoms with Gasteiger partial charge in [0.05, 0.1) is 23.2 Å². The molecular weight excluding hydrogens is 368 g/mol. The third-order valence-electron chi connectivity index (χ3n) is 3.23. The Morgan fingerprint density at radius 1 is 1.40 bits per heavy atom. The van der Waals surface area contributed by atoms with E-state index in [2.05, 4.69) is 20.5 Å². The van der Waals surface area contributed by atoms with Gasteiger partial charge in [-0.3, -0.25) is 0 Å². The number of nitrogen functional groups attached to an aromatic ring is 1. The average Bonchev–Trinajstić information content (AvgIpc) is 3.18. The molecule has 2 aromatic heterocycles. The van der Waals surface area contributed by atoms with Gasteiger partial charge in [-0.05, 0) is 25.1 Å². The summed E-state index contributed by atoms with van der Waals surface area (Å²) < 4.78 is 31.2. The van der Waals surface area contributed by atoms with E-state index in [4.69, 9.17) is 10.5 Å². The summed E-state index contributed by atoms with van der Waals surface area (Å²) in [6.45, 7) is 1.92. The predicted octanol–water partition coefficient (Wildman–Crippen LogP) is 0.925. The van der Waals surface area contributed by atoms with Crippen LogP contribution in [-0.4, -0.2) is 47.2 Å². The molecule has 12 heteroatoms. The molecule has 0 bridgehead atoms. The first-order valence-corrected chi connectivity index (χ1v) is 9.36. The van der Waals surface area contributed by atoms with E-state index in [1.165, 1.54) is 18.2 Å². The molecule has 0 saturated heterocycles. The normalized spacial score (nSPS) is 11.6. The number of hydrogen-bond acceptors (Lipinski definition) is 10. The van der Waals surface area contributed by atoms with E-state index in [1.807, 2.05) is 0 Å². The molecule has 3 rings (SSSR count). The van der Waals surface area contributed by atoms with Crippen LogP contribution >= 0.6 is 11.3 Å². The minimum absolute atomic E-state index is 0.225. The molecule has 0 aliphatic carbocycles. The monoisotopic (exact) mass is 382 g/mol. The van der Waals surface area contributed by atoms with Crippen LogP contribution in [0.4, 0.5) is 11.1 Å². The van der Waals surface area contributed by atoms with Crippen LogP contribution in [0.2, 0.25) is 0 Å². The van der Waals surface area contributed by atoms with Crippen molar-refractivity contribution in [1.29, 1.82) is 0 Å². The summed E-state index contributed by atoms with van der Waals surface area (Å²) in [5.41, 5.74) is 6.54. The number of hydrogen-bond donors (Lipinski definition) is 2. The number of ether oxygens (including phenoxy) is 1. The first-order valence-electron chi connectivity index (χ1n) is 7.10. The lowest BCUT2D eigenvalue weighted by atomic mass is 10.2. The lowest BCUT2D eigenvalue weighted by Crippen LogP contribution is -2.15. The van der Waals surface area contributed by atoms with Crippen molar-refractivity contribution < 1.29 is 17.9 Å². The summed E-state index contributed by atoms with van der Waals surface area (Å²) >= 11 is 0.870. The summed E-state index contributed by atoms with van der Waals surface area (Å²) in [6, 6.07) is 4.32. The molecular formula is C13H14N6O4S2. The molecule has 1 aromatic carbocycles. The topological polar surface area (TPSA) is 142 Å². The number of rotatable bonds is 5. The molecule has 0 spiro atoms. The molecule has 0 unspecified atom stereocenters. The Kier molecular flexibility index (Phi) is 4.30. The Labute approximate surface area is 146 Å². The molecule has 132 valence electrons. The molecule has 25 heavy (non-hydrogen) atoms. The fourth-order valence-electron chi connectivity index (χ4n) is 2.16. The molecule has 3 N–H and O–H groups in total. The van der Waals surface area contributed by atoms with Crippen LogP contribution in [0.25, 0.3) is 11.0 Å². The minimum atomic E-state index is -4.07. The number of nitrogens with zero attached hydrogens (tertiary/aromatic N) is 4. The zero-order valence-corrected chi connectivity index (χ0v) is 14.9. The number of esters is 1. The van der Waals surface area contributed by atoms with Crippen LogP contribution in [0.3, 0.4) is 0 Å². The van der Waals surface area contributed by atoms with Gasteiger partial charge in [-0.25, -0.2) is 9.78 Å². The molecule has 0 aliphatic rings. The van der Waals surface area contributed by atoms with E-state index in [1.54, 1.807) is 14.0 Å². The van der Waals surface area contributed by atoms with Gasteiger partial charge in [0.1, 0.15) is 0 Å². The van der Waals surface area contributed by atoms with Gasteiger partial charge in [0.2, 0.25) is 11.1 Å². The van der Waals surface area contributed by atoms with Gasteiger partial charge in [0, 0.05) is 7.05 Å². The average molecular weight is 382 g/mol. The maximum Gasteiger partial charge on any atom is 0.338 e. The Morgan fingerprint density at radius 3 is 2.80 bits per heavy atom. The number of carbonyl (C=O) groups is 1. The highest BCUT2D eigenvalue weighted by molar-refractivity contribution is 7.92. The van der Waals surface area contributed by atoms with Crippen molar-refractivity contribution in [2.75, 3.05) is 24.7 Å². The van der Waals surface area contributed by atoms with Gasteiger partial charge >= 0.3 is 5.97 Å². The van der Waals surface area contributed by atoms with Crippen LogP contribution in [0.5, 0.6) is 0 Å². The van der Waals surface area contributed by atoms with Crippen molar-refractivity contribution in [2.45, 2.75) is 11.3 Å². The number of carbonyl (C=O) groups excluding carboxylic acids is 1. The Morgan fingerprint density at radius 2 is 2.16 bits per heavy atom. The summed E-state index contributed by atoms with van der Waals surface area (Å²) in [5, 5.41) is 10.5. The van der Waals surface area contributed by atoms with Crippen molar-refractivity contribution in [2.24, 2.45) is 0 Å². The number of nitrogens with two attached hydrogens (primary N) is 1. The molecule has 0 amide bonds. The fraction of sp³-hybridized carbons (Fsp3) is 0.231. The zero-order chi connectivity index (χ0) is 18.2. The van der Waals surface area contributed by atoms with E-state index in [-0.39, 0.29) is 33.5 Å². The molecule has 0 saturated carbocycles. The third-order valence-corrected chi connectivity index (χ3v) is 6.23. The van der Waals surface area contributed by atoms with Crippen molar-refractivity contribution in [1.82, 2.24) is 19.2 Å². The van der Waals surface area contributed by atoms with Crippen molar-refractivity contribution >= 4 is 49.4 Å². The number of nitrogens with one attached hydrogen (secondary N) is 1. The Hall–Kier alpha value is -2.73. The van der Waals surface area contributed by atoms with Crippen molar-refractivity contribution in [3.05, 3.63) is 23.8 Å². The van der Waals surface area contributed by atoms with Crippen molar-refractivity contribution in [3.8, 4) is 0 Å². The van der Waals surface area contributed by atoms with Crippen LogP contribution in [0, 0.1) is 0 Å². The van der Waals surface area contributed by atoms with Gasteiger partial charge in [-0.1, -0.05) is 11.3 Å². The second-order valence-corrected chi connectivity index (χ2v) is 7.72. The second kappa shape index (κ2) is 6.29. The lowest BCUT2D eigenvalue weighted by Gasteiger charge is -2.05. The SMILES string of the molecule is CCOC(=O)c1ccc2c(c1)nc(N)n2S(=O)(=O)c1nnc(NC)s1.